The van der Waals surface area contributed by atoms with Crippen LogP contribution in [0.3, 0.4) is 0 Å². The van der Waals surface area contributed by atoms with Gasteiger partial charge in [-0.25, -0.2) is 9.88 Å². The van der Waals surface area contributed by atoms with Crippen LogP contribution in [0.15, 0.2) is 42.5 Å². The van der Waals surface area contributed by atoms with E-state index < -0.39 is 11.8 Å². The maximum absolute atomic E-state index is 13.0. The summed E-state index contributed by atoms with van der Waals surface area (Å²) >= 11 is 7.26. The van der Waals surface area contributed by atoms with Crippen molar-refractivity contribution in [2.24, 2.45) is 11.8 Å². The molecule has 0 bridgehead atoms. The molecule has 0 spiro atoms. The summed E-state index contributed by atoms with van der Waals surface area (Å²) in [5, 5.41) is 1.06. The first-order valence-corrected chi connectivity index (χ1v) is 9.74. The van der Waals surface area contributed by atoms with E-state index in [1.54, 1.807) is 32.2 Å². The summed E-state index contributed by atoms with van der Waals surface area (Å²) in [7, 11) is 1.59. The number of imide groups is 1. The number of methoxy groups -OCH3 is 1. The lowest BCUT2D eigenvalue weighted by atomic mass is 9.90. The van der Waals surface area contributed by atoms with Crippen LogP contribution < -0.4 is 9.64 Å². The number of nitrogens with zero attached hydrogens (tertiary/aromatic N) is 2. The Morgan fingerprint density at radius 2 is 1.89 bits per heavy atom. The maximum atomic E-state index is 13.0. The molecule has 2 atom stereocenters. The number of ether oxygens (including phenoxy) is 1. The number of carbonyl (C=O) groups is 2. The fourth-order valence-electron chi connectivity index (χ4n) is 3.31. The zero-order valence-corrected chi connectivity index (χ0v) is 16.4. The predicted molar refractivity (Wildman–Crippen MR) is 106 cm³/mol. The quantitative estimate of drug-likeness (QED) is 0.612. The molecule has 1 fully saturated rings. The molecule has 0 aliphatic carbocycles. The SMILES string of the molecule is COc1ccc2sc(N3C(=O)[C@@H](Cc4ccc(Cl)cc4)[C@@H](C)C3=O)nc2c1. The summed E-state index contributed by atoms with van der Waals surface area (Å²) in [6, 6.07) is 12.9. The molecule has 1 aliphatic heterocycles. The van der Waals surface area contributed by atoms with Crippen LogP contribution in [0.5, 0.6) is 5.75 Å². The molecular weight excluding hydrogens is 384 g/mol. The average Bonchev–Trinajstić information content (AvgIpc) is 3.17. The Balaban J connectivity index is 1.64. The maximum Gasteiger partial charge on any atom is 0.239 e. The third-order valence-electron chi connectivity index (χ3n) is 4.89. The number of halogens is 1. The molecule has 2 aromatic carbocycles. The van der Waals surface area contributed by atoms with Crippen LogP contribution in [-0.4, -0.2) is 23.9 Å². The second-order valence-corrected chi connectivity index (χ2v) is 8.01. The Hall–Kier alpha value is -2.44. The third-order valence-corrected chi connectivity index (χ3v) is 6.17. The number of amides is 2. The molecule has 1 saturated heterocycles. The molecule has 0 unspecified atom stereocenters. The summed E-state index contributed by atoms with van der Waals surface area (Å²) in [6.45, 7) is 1.80. The Labute approximate surface area is 165 Å². The summed E-state index contributed by atoms with van der Waals surface area (Å²) in [5.74, 6) is -0.513. The van der Waals surface area contributed by atoms with Gasteiger partial charge < -0.3 is 4.74 Å². The third kappa shape index (κ3) is 3.19. The normalized spacial score (nSPS) is 19.9. The van der Waals surface area contributed by atoms with Crippen molar-refractivity contribution in [3.63, 3.8) is 0 Å². The molecule has 2 heterocycles. The fraction of sp³-hybridized carbons (Fsp3) is 0.250. The first kappa shape index (κ1) is 17.9. The van der Waals surface area contributed by atoms with Gasteiger partial charge in [-0.2, -0.15) is 0 Å². The van der Waals surface area contributed by atoms with Crippen molar-refractivity contribution < 1.29 is 14.3 Å². The number of carbonyl (C=O) groups excluding carboxylic acids is 2. The topological polar surface area (TPSA) is 59.5 Å². The summed E-state index contributed by atoms with van der Waals surface area (Å²) < 4.78 is 6.12. The van der Waals surface area contributed by atoms with Gasteiger partial charge in [0.1, 0.15) is 5.75 Å². The molecule has 27 heavy (non-hydrogen) atoms. The van der Waals surface area contributed by atoms with Crippen molar-refractivity contribution in [3.05, 3.63) is 53.1 Å². The van der Waals surface area contributed by atoms with Crippen molar-refractivity contribution in [2.75, 3.05) is 12.0 Å². The lowest BCUT2D eigenvalue weighted by molar-refractivity contribution is -0.122. The largest absolute Gasteiger partial charge is 0.497 e. The average molecular weight is 401 g/mol. The number of benzene rings is 2. The van der Waals surface area contributed by atoms with Crippen molar-refractivity contribution in [1.82, 2.24) is 4.98 Å². The van der Waals surface area contributed by atoms with E-state index in [2.05, 4.69) is 4.98 Å². The van der Waals surface area contributed by atoms with Crippen LogP contribution in [0, 0.1) is 11.8 Å². The van der Waals surface area contributed by atoms with Gasteiger partial charge in [-0.05, 0) is 36.2 Å². The summed E-state index contributed by atoms with van der Waals surface area (Å²) in [4.78, 5) is 31.6. The van der Waals surface area contributed by atoms with Gasteiger partial charge in [0.15, 0.2) is 5.13 Å². The number of rotatable bonds is 4. The van der Waals surface area contributed by atoms with Gasteiger partial charge in [0.05, 0.1) is 23.2 Å². The van der Waals surface area contributed by atoms with E-state index >= 15 is 0 Å². The lowest BCUT2D eigenvalue weighted by Gasteiger charge is -2.12. The van der Waals surface area contributed by atoms with E-state index in [1.165, 1.54) is 16.2 Å². The van der Waals surface area contributed by atoms with Gasteiger partial charge in [-0.1, -0.05) is 42.0 Å². The number of hydrogen-bond donors (Lipinski definition) is 0. The zero-order chi connectivity index (χ0) is 19.1. The van der Waals surface area contributed by atoms with Crippen LogP contribution in [0.25, 0.3) is 10.2 Å². The fourth-order valence-corrected chi connectivity index (χ4v) is 4.39. The highest BCUT2D eigenvalue weighted by molar-refractivity contribution is 7.22. The van der Waals surface area contributed by atoms with Gasteiger partial charge in [0.2, 0.25) is 11.8 Å². The predicted octanol–water partition coefficient (Wildman–Crippen LogP) is 4.33. The minimum atomic E-state index is -0.403. The monoisotopic (exact) mass is 400 g/mol. The van der Waals surface area contributed by atoms with E-state index in [0.29, 0.717) is 27.8 Å². The van der Waals surface area contributed by atoms with E-state index in [4.69, 9.17) is 16.3 Å². The van der Waals surface area contributed by atoms with Crippen LogP contribution >= 0.6 is 22.9 Å². The smallest absolute Gasteiger partial charge is 0.239 e. The standard InChI is InChI=1S/C20H17ClN2O3S/c1-11-15(9-12-3-5-13(21)6-4-12)19(25)23(18(11)24)20-22-16-10-14(26-2)7-8-17(16)27-20/h3-8,10-11,15H,9H2,1-2H3/t11-,15+/m1/s1. The highest BCUT2D eigenvalue weighted by Crippen LogP contribution is 2.37. The second-order valence-electron chi connectivity index (χ2n) is 6.57. The molecule has 1 aromatic heterocycles. The molecular formula is C20H17ClN2O3S. The van der Waals surface area contributed by atoms with E-state index in [9.17, 15) is 9.59 Å². The molecule has 0 saturated carbocycles. The molecule has 5 nitrogen and oxygen atoms in total. The molecule has 7 heteroatoms. The first-order chi connectivity index (χ1) is 13.0. The Bertz CT molecular complexity index is 1030. The van der Waals surface area contributed by atoms with Crippen LogP contribution in [0.2, 0.25) is 5.02 Å². The molecule has 4 rings (SSSR count). The Morgan fingerprint density at radius 3 is 2.59 bits per heavy atom. The number of thiazole rings is 1. The molecule has 0 radical (unpaired) electrons. The van der Waals surface area contributed by atoms with Gasteiger partial charge in [0.25, 0.3) is 0 Å². The molecule has 0 N–H and O–H groups in total. The van der Waals surface area contributed by atoms with E-state index in [-0.39, 0.29) is 11.8 Å². The van der Waals surface area contributed by atoms with Crippen molar-refractivity contribution in [3.8, 4) is 5.75 Å². The van der Waals surface area contributed by atoms with Crippen LogP contribution in [0.4, 0.5) is 5.13 Å². The van der Waals surface area contributed by atoms with E-state index in [1.807, 2.05) is 24.3 Å². The van der Waals surface area contributed by atoms with Crippen molar-refractivity contribution in [1.29, 1.82) is 0 Å². The van der Waals surface area contributed by atoms with Crippen molar-refractivity contribution >= 4 is 50.1 Å². The minimum Gasteiger partial charge on any atom is -0.497 e. The number of fused-ring (bicyclic) bond motifs is 1. The Kier molecular flexibility index (Phi) is 4.61. The molecule has 138 valence electrons. The molecule has 2 amide bonds. The summed E-state index contributed by atoms with van der Waals surface area (Å²) in [6.07, 6.45) is 0.498. The highest BCUT2D eigenvalue weighted by Gasteiger charge is 2.46. The van der Waals surface area contributed by atoms with Gasteiger partial charge >= 0.3 is 0 Å². The number of aromatic nitrogens is 1. The zero-order valence-electron chi connectivity index (χ0n) is 14.8. The van der Waals surface area contributed by atoms with Gasteiger partial charge in [-0.3, -0.25) is 9.59 Å². The van der Waals surface area contributed by atoms with Crippen LogP contribution in [-0.2, 0) is 16.0 Å². The lowest BCUT2D eigenvalue weighted by Crippen LogP contribution is -2.30. The number of anilines is 1. The van der Waals surface area contributed by atoms with Gasteiger partial charge in [0, 0.05) is 17.0 Å². The molecule has 1 aliphatic rings. The van der Waals surface area contributed by atoms with E-state index in [0.717, 1.165) is 10.3 Å². The highest BCUT2D eigenvalue weighted by atomic mass is 35.5. The summed E-state index contributed by atoms with van der Waals surface area (Å²) in [5.41, 5.74) is 1.69. The minimum absolute atomic E-state index is 0.200. The Morgan fingerprint density at radius 1 is 1.15 bits per heavy atom. The molecule has 3 aromatic rings. The van der Waals surface area contributed by atoms with Crippen LogP contribution in [0.1, 0.15) is 12.5 Å². The van der Waals surface area contributed by atoms with Gasteiger partial charge in [-0.15, -0.1) is 0 Å². The second kappa shape index (κ2) is 6.94. The first-order valence-electron chi connectivity index (χ1n) is 8.55. The van der Waals surface area contributed by atoms with Crippen molar-refractivity contribution in [2.45, 2.75) is 13.3 Å². The number of hydrogen-bond acceptors (Lipinski definition) is 5.